The maximum Gasteiger partial charge on any atom is 0.480 e. The smallest absolute Gasteiger partial charge is 0.426 e. The van der Waals surface area contributed by atoms with Gasteiger partial charge in [-0.15, -0.1) is 11.3 Å². The van der Waals surface area contributed by atoms with Crippen molar-refractivity contribution in [2.24, 2.45) is 5.16 Å². The van der Waals surface area contributed by atoms with Crippen molar-refractivity contribution in [3.63, 3.8) is 0 Å². The van der Waals surface area contributed by atoms with Crippen molar-refractivity contribution < 1.29 is 29.2 Å². The number of oxime groups is 1. The molecule has 0 radical (unpaired) electrons. The first kappa shape index (κ1) is 17.9. The van der Waals surface area contributed by atoms with Crippen LogP contribution in [0.15, 0.2) is 22.7 Å². The molecule has 0 saturated carbocycles. The molecule has 1 saturated heterocycles. The van der Waals surface area contributed by atoms with E-state index < -0.39 is 19.0 Å². The van der Waals surface area contributed by atoms with Gasteiger partial charge in [-0.1, -0.05) is 11.2 Å². The zero-order valence-corrected chi connectivity index (χ0v) is 13.3. The third kappa shape index (κ3) is 5.59. The Morgan fingerprint density at radius 2 is 2.43 bits per heavy atom. The lowest BCUT2D eigenvalue weighted by Crippen LogP contribution is -2.51. The number of amides is 1. The molecule has 23 heavy (non-hydrogen) atoms. The number of nitrogens with zero attached hydrogens (tertiary/aromatic N) is 1. The van der Waals surface area contributed by atoms with Gasteiger partial charge in [0.25, 0.3) is 5.91 Å². The zero-order chi connectivity index (χ0) is 16.5. The van der Waals surface area contributed by atoms with E-state index in [0.29, 0.717) is 17.9 Å². The second kappa shape index (κ2) is 9.63. The third-order valence-electron chi connectivity index (χ3n) is 2.99. The number of aliphatic hydroxyl groups is 1. The van der Waals surface area contributed by atoms with Crippen molar-refractivity contribution in [1.82, 2.24) is 5.32 Å². The maximum atomic E-state index is 12.4. The van der Waals surface area contributed by atoms with Gasteiger partial charge >= 0.3 is 7.12 Å². The van der Waals surface area contributed by atoms with Gasteiger partial charge in [-0.25, -0.2) is 0 Å². The molecule has 1 aliphatic heterocycles. The summed E-state index contributed by atoms with van der Waals surface area (Å²) in [7, 11) is -1.14. The van der Waals surface area contributed by atoms with Crippen molar-refractivity contribution in [3.05, 3.63) is 22.4 Å². The van der Waals surface area contributed by atoms with Crippen LogP contribution in [-0.4, -0.2) is 67.8 Å². The van der Waals surface area contributed by atoms with Gasteiger partial charge in [0.2, 0.25) is 0 Å². The lowest BCUT2D eigenvalue weighted by atomic mass is 9.79. The van der Waals surface area contributed by atoms with Gasteiger partial charge in [-0.2, -0.15) is 0 Å². The summed E-state index contributed by atoms with van der Waals surface area (Å²) in [6.07, 6.45) is 0.422. The van der Waals surface area contributed by atoms with Crippen LogP contribution >= 0.6 is 11.3 Å². The number of rotatable bonds is 7. The molecule has 0 aromatic carbocycles. The van der Waals surface area contributed by atoms with E-state index in [1.807, 2.05) is 5.38 Å². The average molecular weight is 342 g/mol. The molecule has 3 N–H and O–H groups in total. The number of thiophene rings is 1. The number of nitrogens with one attached hydrogen (secondary N) is 1. The number of ether oxygens (including phenoxy) is 1. The summed E-state index contributed by atoms with van der Waals surface area (Å²) in [4.78, 5) is 18.2. The van der Waals surface area contributed by atoms with Gasteiger partial charge in [0.1, 0.15) is 6.61 Å². The summed E-state index contributed by atoms with van der Waals surface area (Å²) in [5.74, 6) is -1.18. The molecule has 1 aromatic heterocycles. The first-order chi connectivity index (χ1) is 11.2. The second-order valence-corrected chi connectivity index (χ2v) is 5.69. The fraction of sp³-hybridized carbons (Fsp3) is 0.538. The summed E-state index contributed by atoms with van der Waals surface area (Å²) in [5.41, 5.74) is 0.106. The molecule has 1 aliphatic rings. The Labute approximate surface area is 138 Å². The zero-order valence-electron chi connectivity index (χ0n) is 12.5. The Morgan fingerprint density at radius 3 is 3.17 bits per heavy atom. The molecular weight excluding hydrogens is 323 g/mol. The molecule has 8 nitrogen and oxygen atoms in total. The molecule has 1 atom stereocenters. The summed E-state index contributed by atoms with van der Waals surface area (Å²) < 4.78 is 10.4. The van der Waals surface area contributed by atoms with Crippen LogP contribution in [0.3, 0.4) is 0 Å². The third-order valence-corrected chi connectivity index (χ3v) is 3.87. The van der Waals surface area contributed by atoms with E-state index in [-0.39, 0.29) is 32.1 Å². The molecule has 126 valence electrons. The highest BCUT2D eigenvalue weighted by Crippen LogP contribution is 2.11. The van der Waals surface area contributed by atoms with Gasteiger partial charge in [-0.05, 0) is 11.4 Å². The predicted molar refractivity (Wildman–Crippen MR) is 85.2 cm³/mol. The van der Waals surface area contributed by atoms with Crippen LogP contribution in [0.4, 0.5) is 0 Å². The Hall–Kier alpha value is -1.46. The number of hydrogen-bond acceptors (Lipinski definition) is 8. The highest BCUT2D eigenvalue weighted by Gasteiger charge is 2.32. The van der Waals surface area contributed by atoms with Crippen molar-refractivity contribution in [2.75, 3.05) is 33.0 Å². The molecule has 1 fully saturated rings. The quantitative estimate of drug-likeness (QED) is 0.264. The Morgan fingerprint density at radius 1 is 1.57 bits per heavy atom. The summed E-state index contributed by atoms with van der Waals surface area (Å²) in [5, 5.41) is 26.9. The molecule has 10 heteroatoms. The predicted octanol–water partition coefficient (Wildman–Crippen LogP) is -0.597. The lowest BCUT2D eigenvalue weighted by molar-refractivity contribution is -0.115. The molecule has 0 spiro atoms. The molecule has 0 bridgehead atoms. The largest absolute Gasteiger partial charge is 0.480 e. The number of carbonyl (C=O) groups excluding carboxylic acids is 1. The minimum atomic E-state index is -1.14. The topological polar surface area (TPSA) is 110 Å². The van der Waals surface area contributed by atoms with Gasteiger partial charge < -0.3 is 29.7 Å². The number of aliphatic hydroxyl groups excluding tert-OH is 1. The molecule has 1 amide bonds. The van der Waals surface area contributed by atoms with Crippen molar-refractivity contribution >= 4 is 30.1 Å². The van der Waals surface area contributed by atoms with Gasteiger partial charge in [0.15, 0.2) is 5.71 Å². The lowest BCUT2D eigenvalue weighted by Gasteiger charge is -2.17. The minimum absolute atomic E-state index is 0.0149. The van der Waals surface area contributed by atoms with E-state index >= 15 is 0 Å². The first-order valence-corrected chi connectivity index (χ1v) is 8.13. The summed E-state index contributed by atoms with van der Waals surface area (Å²) >= 11 is 1.34. The van der Waals surface area contributed by atoms with E-state index in [1.165, 1.54) is 11.3 Å². The van der Waals surface area contributed by atoms with Crippen molar-refractivity contribution in [1.29, 1.82) is 0 Å². The van der Waals surface area contributed by atoms with E-state index in [2.05, 4.69) is 10.5 Å². The second-order valence-electron chi connectivity index (χ2n) is 4.74. The molecule has 0 aliphatic carbocycles. The Bertz CT molecular complexity index is 513. The molecule has 1 aromatic rings. The molecule has 1 unspecified atom stereocenters. The number of carbonyl (C=O) groups is 1. The highest BCUT2D eigenvalue weighted by atomic mass is 32.1. The van der Waals surface area contributed by atoms with Crippen LogP contribution in [0, 0.1) is 0 Å². The van der Waals surface area contributed by atoms with Gasteiger partial charge in [0, 0.05) is 13.0 Å². The molecular formula is C13H19BN2O6S. The van der Waals surface area contributed by atoms with E-state index in [4.69, 9.17) is 19.3 Å². The van der Waals surface area contributed by atoms with E-state index in [9.17, 15) is 9.82 Å². The Kier molecular flexibility index (Phi) is 7.49. The molecule has 2 heterocycles. The van der Waals surface area contributed by atoms with E-state index in [1.54, 1.807) is 12.1 Å². The monoisotopic (exact) mass is 342 g/mol. The van der Waals surface area contributed by atoms with Crippen molar-refractivity contribution in [2.45, 2.75) is 12.4 Å². The van der Waals surface area contributed by atoms with Crippen LogP contribution < -0.4 is 5.32 Å². The maximum absolute atomic E-state index is 12.4. The van der Waals surface area contributed by atoms with Crippen LogP contribution in [0.25, 0.3) is 0 Å². The SMILES string of the molecule is O=C(NC1COCCOB1O)/C(=N\OCCCO)c1cccs1. The van der Waals surface area contributed by atoms with Gasteiger partial charge in [0.05, 0.1) is 30.6 Å². The average Bonchev–Trinajstić information content (AvgIpc) is 2.99. The van der Waals surface area contributed by atoms with Crippen LogP contribution in [0.1, 0.15) is 11.3 Å². The van der Waals surface area contributed by atoms with Crippen LogP contribution in [0.2, 0.25) is 0 Å². The standard InChI is InChI=1S/C13H19BN2O6S/c17-4-2-5-22-16-12(10-3-1-8-23-10)13(18)15-11-9-20-6-7-21-14(11)19/h1,3,8,11,17,19H,2,4-7,9H2,(H,15,18)/b16-12-. The molecule has 2 rings (SSSR count). The van der Waals surface area contributed by atoms with Crippen LogP contribution in [0.5, 0.6) is 0 Å². The highest BCUT2D eigenvalue weighted by molar-refractivity contribution is 7.13. The normalized spacial score (nSPS) is 19.3. The van der Waals surface area contributed by atoms with Crippen LogP contribution in [-0.2, 0) is 19.0 Å². The van der Waals surface area contributed by atoms with Gasteiger partial charge in [-0.3, -0.25) is 4.79 Å². The number of hydrogen-bond donors (Lipinski definition) is 3. The summed E-state index contributed by atoms with van der Waals surface area (Å²) in [6, 6.07) is 3.54. The Balaban J connectivity index is 2.03. The summed E-state index contributed by atoms with van der Waals surface area (Å²) in [6.45, 7) is 0.967. The fourth-order valence-corrected chi connectivity index (χ4v) is 2.54. The fourth-order valence-electron chi connectivity index (χ4n) is 1.84. The van der Waals surface area contributed by atoms with E-state index in [0.717, 1.165) is 0 Å². The minimum Gasteiger partial charge on any atom is -0.426 e. The van der Waals surface area contributed by atoms with Crippen molar-refractivity contribution in [3.8, 4) is 0 Å². The first-order valence-electron chi connectivity index (χ1n) is 7.25.